The number of hydrogen-bond donors (Lipinski definition) is 2. The smallest absolute Gasteiger partial charge is 0.407 e. The van der Waals surface area contributed by atoms with Crippen molar-refractivity contribution in [1.82, 2.24) is 5.32 Å². The third-order valence-electron chi connectivity index (χ3n) is 1.86. The second-order valence-corrected chi connectivity index (χ2v) is 3.24. The Labute approximate surface area is 93.6 Å². The van der Waals surface area contributed by atoms with Gasteiger partial charge in [0.2, 0.25) is 5.91 Å². The summed E-state index contributed by atoms with van der Waals surface area (Å²) in [6, 6.07) is 0. The Kier molecular flexibility index (Phi) is 4.85. The number of nitrogens with two attached hydrogens (primary N) is 1. The topological polar surface area (TPSA) is 81.4 Å². The van der Waals surface area contributed by atoms with Crippen LogP contribution in [0.4, 0.5) is 4.79 Å². The van der Waals surface area contributed by atoms with Crippen molar-refractivity contribution in [2.24, 2.45) is 11.7 Å². The highest BCUT2D eigenvalue weighted by Gasteiger charge is 2.07. The lowest BCUT2D eigenvalue weighted by Crippen LogP contribution is -2.34. The summed E-state index contributed by atoms with van der Waals surface area (Å²) >= 11 is 0. The molecule has 0 aromatic heterocycles. The average molecular weight is 222 g/mol. The molecule has 0 bridgehead atoms. The lowest BCUT2D eigenvalue weighted by atomic mass is 10.1. The normalized spacial score (nSPS) is 14.5. The lowest BCUT2D eigenvalue weighted by Gasteiger charge is -2.09. The first kappa shape index (κ1) is 12.0. The van der Waals surface area contributed by atoms with E-state index in [1.54, 1.807) is 0 Å². The fraction of sp³-hybridized carbons (Fsp3) is 0.273. The van der Waals surface area contributed by atoms with Gasteiger partial charge >= 0.3 is 6.09 Å². The molecule has 0 spiro atoms. The number of rotatable bonds is 4. The minimum absolute atomic E-state index is 0.0503. The second-order valence-electron chi connectivity index (χ2n) is 3.24. The van der Waals surface area contributed by atoms with E-state index in [-0.39, 0.29) is 19.1 Å². The number of carbonyl (C=O) groups is 2. The minimum Gasteiger partial charge on any atom is -0.449 e. The Morgan fingerprint density at radius 3 is 2.38 bits per heavy atom. The Hall–Kier alpha value is -2.04. The number of ether oxygens (including phenoxy) is 1. The fourth-order valence-electron chi connectivity index (χ4n) is 1.10. The van der Waals surface area contributed by atoms with Crippen LogP contribution >= 0.6 is 0 Å². The monoisotopic (exact) mass is 222 g/mol. The summed E-state index contributed by atoms with van der Waals surface area (Å²) in [4.78, 5) is 21.4. The molecule has 0 aromatic rings. The minimum atomic E-state index is -0.641. The van der Waals surface area contributed by atoms with Crippen LogP contribution in [0.5, 0.6) is 0 Å². The molecule has 16 heavy (non-hydrogen) atoms. The molecule has 1 aliphatic carbocycles. The van der Waals surface area contributed by atoms with Gasteiger partial charge in [-0.05, 0) is 0 Å². The number of carbonyl (C=O) groups excluding carboxylic acids is 2. The number of amides is 2. The molecular weight excluding hydrogens is 208 g/mol. The number of primary amides is 1. The third-order valence-corrected chi connectivity index (χ3v) is 1.86. The van der Waals surface area contributed by atoms with Crippen molar-refractivity contribution in [3.05, 3.63) is 36.5 Å². The average Bonchev–Trinajstić information content (AvgIpc) is 2.51. The Morgan fingerprint density at radius 1 is 1.19 bits per heavy atom. The van der Waals surface area contributed by atoms with Crippen molar-refractivity contribution < 1.29 is 14.3 Å². The molecule has 0 aliphatic heterocycles. The zero-order chi connectivity index (χ0) is 11.8. The van der Waals surface area contributed by atoms with E-state index in [2.05, 4.69) is 5.32 Å². The molecule has 0 fully saturated rings. The Morgan fingerprint density at radius 2 is 1.81 bits per heavy atom. The quantitative estimate of drug-likeness (QED) is 0.726. The number of alkyl carbamates (subject to hydrolysis) is 1. The first-order valence-corrected chi connectivity index (χ1v) is 4.89. The molecule has 5 heteroatoms. The molecule has 0 unspecified atom stereocenters. The zero-order valence-corrected chi connectivity index (χ0v) is 8.76. The molecule has 1 rings (SSSR count). The lowest BCUT2D eigenvalue weighted by molar-refractivity contribution is -0.117. The predicted octanol–water partition coefficient (Wildman–Crippen LogP) is 0.496. The third kappa shape index (κ3) is 4.99. The molecule has 86 valence electrons. The van der Waals surface area contributed by atoms with Gasteiger partial charge in [-0.3, -0.25) is 4.79 Å². The van der Waals surface area contributed by atoms with Crippen LogP contribution in [0.3, 0.4) is 0 Å². The van der Waals surface area contributed by atoms with Crippen LogP contribution in [0.15, 0.2) is 36.5 Å². The first-order valence-electron chi connectivity index (χ1n) is 4.89. The highest BCUT2D eigenvalue weighted by Crippen LogP contribution is 2.06. The largest absolute Gasteiger partial charge is 0.449 e. The maximum atomic E-state index is 11.1. The van der Waals surface area contributed by atoms with Gasteiger partial charge in [-0.25, -0.2) is 4.79 Å². The molecule has 0 aromatic carbocycles. The summed E-state index contributed by atoms with van der Waals surface area (Å²) in [5.41, 5.74) is 4.86. The van der Waals surface area contributed by atoms with Gasteiger partial charge < -0.3 is 15.8 Å². The van der Waals surface area contributed by atoms with E-state index in [4.69, 9.17) is 10.5 Å². The molecule has 1 aliphatic rings. The van der Waals surface area contributed by atoms with Crippen LogP contribution in [0, 0.1) is 5.92 Å². The number of nitrogens with one attached hydrogen (secondary N) is 1. The Balaban J connectivity index is 2.23. The van der Waals surface area contributed by atoms with Gasteiger partial charge in [0.15, 0.2) is 0 Å². The van der Waals surface area contributed by atoms with Gasteiger partial charge in [-0.1, -0.05) is 36.5 Å². The summed E-state index contributed by atoms with van der Waals surface area (Å²) < 4.78 is 4.90. The predicted molar refractivity (Wildman–Crippen MR) is 59.5 cm³/mol. The van der Waals surface area contributed by atoms with Gasteiger partial charge in [-0.15, -0.1) is 0 Å². The van der Waals surface area contributed by atoms with Crippen molar-refractivity contribution in [3.63, 3.8) is 0 Å². The summed E-state index contributed by atoms with van der Waals surface area (Å²) in [6.07, 6.45) is 10.7. The van der Waals surface area contributed by atoms with E-state index in [0.29, 0.717) is 0 Å². The van der Waals surface area contributed by atoms with Crippen molar-refractivity contribution in [2.75, 3.05) is 13.2 Å². The molecule has 3 N–H and O–H groups in total. The van der Waals surface area contributed by atoms with Gasteiger partial charge in [0.25, 0.3) is 0 Å². The van der Waals surface area contributed by atoms with Crippen LogP contribution < -0.4 is 11.1 Å². The molecule has 5 nitrogen and oxygen atoms in total. The van der Waals surface area contributed by atoms with Crippen molar-refractivity contribution in [1.29, 1.82) is 0 Å². The number of hydrogen-bond acceptors (Lipinski definition) is 3. The van der Waals surface area contributed by atoms with Crippen LogP contribution in [0.2, 0.25) is 0 Å². The molecule has 2 amide bonds. The van der Waals surface area contributed by atoms with Gasteiger partial charge in [0, 0.05) is 5.92 Å². The maximum Gasteiger partial charge on any atom is 0.407 e. The van der Waals surface area contributed by atoms with Gasteiger partial charge in [-0.2, -0.15) is 0 Å². The zero-order valence-electron chi connectivity index (χ0n) is 8.76. The van der Waals surface area contributed by atoms with E-state index in [9.17, 15) is 9.59 Å². The summed E-state index contributed by atoms with van der Waals surface area (Å²) in [7, 11) is 0. The van der Waals surface area contributed by atoms with Crippen LogP contribution in [-0.2, 0) is 9.53 Å². The van der Waals surface area contributed by atoms with Crippen molar-refractivity contribution in [3.8, 4) is 0 Å². The van der Waals surface area contributed by atoms with E-state index < -0.39 is 12.0 Å². The van der Waals surface area contributed by atoms with Crippen LogP contribution in [0.1, 0.15) is 0 Å². The Bertz CT molecular complexity index is 329. The molecule has 0 atom stereocenters. The second kappa shape index (κ2) is 6.44. The molecule has 0 saturated heterocycles. The van der Waals surface area contributed by atoms with E-state index in [1.807, 2.05) is 36.5 Å². The van der Waals surface area contributed by atoms with Gasteiger partial charge in [0.1, 0.15) is 6.61 Å². The summed E-state index contributed by atoms with van der Waals surface area (Å²) in [5.74, 6) is -0.551. The van der Waals surface area contributed by atoms with Gasteiger partial charge in [0.05, 0.1) is 6.54 Å². The molecule has 0 radical (unpaired) electrons. The highest BCUT2D eigenvalue weighted by atomic mass is 16.5. The maximum absolute atomic E-state index is 11.1. The highest BCUT2D eigenvalue weighted by molar-refractivity contribution is 5.80. The molecule has 0 heterocycles. The first-order chi connectivity index (χ1) is 7.68. The van der Waals surface area contributed by atoms with Crippen LogP contribution in [0.25, 0.3) is 0 Å². The molecular formula is C11H14N2O3. The van der Waals surface area contributed by atoms with E-state index in [0.717, 1.165) is 0 Å². The SMILES string of the molecule is NC(=O)CNC(=O)OCC1C=CC=CC=C1. The summed E-state index contributed by atoms with van der Waals surface area (Å²) in [5, 5.41) is 2.24. The van der Waals surface area contributed by atoms with E-state index in [1.165, 1.54) is 0 Å². The fourth-order valence-corrected chi connectivity index (χ4v) is 1.10. The summed E-state index contributed by atoms with van der Waals surface area (Å²) in [6.45, 7) is 0.0238. The van der Waals surface area contributed by atoms with Crippen molar-refractivity contribution >= 4 is 12.0 Å². The van der Waals surface area contributed by atoms with E-state index >= 15 is 0 Å². The van der Waals surface area contributed by atoms with Crippen LogP contribution in [-0.4, -0.2) is 25.2 Å². The number of allylic oxidation sites excluding steroid dienone is 4. The standard InChI is InChI=1S/C11H14N2O3/c12-10(14)7-13-11(15)16-8-9-5-3-1-2-4-6-9/h1-6,9H,7-8H2,(H2,12,14)(H,13,15). The van der Waals surface area contributed by atoms with Crippen molar-refractivity contribution in [2.45, 2.75) is 0 Å². The molecule has 0 saturated carbocycles.